The summed E-state index contributed by atoms with van der Waals surface area (Å²) in [5, 5.41) is 0. The van der Waals surface area contributed by atoms with Crippen LogP contribution in [0.25, 0.3) is 0 Å². The molecular weight excluding hydrogens is 138 g/mol. The minimum atomic E-state index is 0.439. The van der Waals surface area contributed by atoms with Gasteiger partial charge in [-0.15, -0.1) is 0 Å². The number of rotatable bonds is 0. The van der Waals surface area contributed by atoms with Crippen LogP contribution < -0.4 is 0 Å². The summed E-state index contributed by atoms with van der Waals surface area (Å²) in [5.74, 6) is 0. The third kappa shape index (κ3) is 6.32. The largest absolute Gasteiger partial charge is 0.376 e. The van der Waals surface area contributed by atoms with Crippen molar-refractivity contribution < 1.29 is 4.74 Å². The maximum absolute atomic E-state index is 5.31. The predicted molar refractivity (Wildman–Crippen MR) is 48.9 cm³/mol. The normalized spacial score (nSPS) is 25.6. The molecule has 1 saturated heterocycles. The molecule has 0 aromatic carbocycles. The number of ether oxygens (including phenoxy) is 1. The number of hydrogen-bond acceptors (Lipinski definition) is 2. The molecule has 68 valence electrons. The molecule has 1 rings (SSSR count). The van der Waals surface area contributed by atoms with Crippen LogP contribution in [-0.2, 0) is 4.74 Å². The second-order valence-electron chi connectivity index (χ2n) is 3.15. The molecule has 0 aromatic rings. The summed E-state index contributed by atoms with van der Waals surface area (Å²) in [5.41, 5.74) is 0. The van der Waals surface area contributed by atoms with E-state index in [1.165, 1.54) is 6.42 Å². The predicted octanol–water partition coefficient (Wildman–Crippen LogP) is 1.75. The van der Waals surface area contributed by atoms with E-state index in [1.807, 2.05) is 0 Å². The lowest BCUT2D eigenvalue weighted by Gasteiger charge is -2.27. The van der Waals surface area contributed by atoms with Crippen LogP contribution in [0.3, 0.4) is 0 Å². The lowest BCUT2D eigenvalue weighted by molar-refractivity contribution is -0.00861. The zero-order valence-corrected chi connectivity index (χ0v) is 8.26. The van der Waals surface area contributed by atoms with Crippen LogP contribution in [0.4, 0.5) is 0 Å². The van der Waals surface area contributed by atoms with Gasteiger partial charge in [0.25, 0.3) is 0 Å². The van der Waals surface area contributed by atoms with Gasteiger partial charge in [-0.1, -0.05) is 20.3 Å². The average Bonchev–Trinajstić information content (AvgIpc) is 1.88. The van der Waals surface area contributed by atoms with Crippen LogP contribution in [0, 0.1) is 0 Å². The fourth-order valence-electron chi connectivity index (χ4n) is 0.993. The van der Waals surface area contributed by atoms with Gasteiger partial charge in [0.15, 0.2) is 0 Å². The number of likely N-dealkylation sites (N-methyl/N-ethyl adjacent to an activating group) is 1. The molecule has 1 fully saturated rings. The van der Waals surface area contributed by atoms with Crippen LogP contribution in [0.2, 0.25) is 0 Å². The number of nitrogens with zero attached hydrogens (tertiary/aromatic N) is 1. The Morgan fingerprint density at radius 2 is 2.00 bits per heavy atom. The van der Waals surface area contributed by atoms with Crippen LogP contribution in [0.5, 0.6) is 0 Å². The van der Waals surface area contributed by atoms with Crippen molar-refractivity contribution in [3.8, 4) is 0 Å². The Morgan fingerprint density at radius 3 is 2.27 bits per heavy atom. The Hall–Kier alpha value is -0.0800. The van der Waals surface area contributed by atoms with E-state index in [4.69, 9.17) is 4.74 Å². The molecule has 0 bridgehead atoms. The lowest BCUT2D eigenvalue weighted by atomic mass is 10.3. The summed E-state index contributed by atoms with van der Waals surface area (Å²) in [6, 6.07) is 0. The fourth-order valence-corrected chi connectivity index (χ4v) is 0.993. The van der Waals surface area contributed by atoms with E-state index in [0.29, 0.717) is 6.10 Å². The van der Waals surface area contributed by atoms with E-state index < -0.39 is 0 Å². The van der Waals surface area contributed by atoms with E-state index >= 15 is 0 Å². The SMILES string of the molecule is CCC.C[C@@H]1CN(C)CCO1. The standard InChI is InChI=1S/C6H13NO.C3H8/c1-6-5-7(2)3-4-8-6;1-3-2/h6H,3-5H2,1-2H3;3H2,1-2H3/t6-;/m1./s1. The molecule has 0 N–H and O–H groups in total. The minimum Gasteiger partial charge on any atom is -0.376 e. The van der Waals surface area contributed by atoms with Crippen molar-refractivity contribution in [2.24, 2.45) is 0 Å². The van der Waals surface area contributed by atoms with Gasteiger partial charge < -0.3 is 9.64 Å². The van der Waals surface area contributed by atoms with Crippen molar-refractivity contribution in [1.29, 1.82) is 0 Å². The van der Waals surface area contributed by atoms with Crippen LogP contribution >= 0.6 is 0 Å². The van der Waals surface area contributed by atoms with Crippen LogP contribution in [-0.4, -0.2) is 37.7 Å². The van der Waals surface area contributed by atoms with Crippen molar-refractivity contribution in [3.05, 3.63) is 0 Å². The fraction of sp³-hybridized carbons (Fsp3) is 1.00. The highest BCUT2D eigenvalue weighted by molar-refractivity contribution is 4.62. The molecule has 1 aliphatic heterocycles. The monoisotopic (exact) mass is 159 g/mol. The van der Waals surface area contributed by atoms with Crippen molar-refractivity contribution in [1.82, 2.24) is 4.90 Å². The first-order valence-electron chi connectivity index (χ1n) is 4.50. The molecule has 1 heterocycles. The van der Waals surface area contributed by atoms with Gasteiger partial charge >= 0.3 is 0 Å². The van der Waals surface area contributed by atoms with Crippen molar-refractivity contribution in [3.63, 3.8) is 0 Å². The zero-order chi connectivity index (χ0) is 8.69. The summed E-state index contributed by atoms with van der Waals surface area (Å²) >= 11 is 0. The van der Waals surface area contributed by atoms with Crippen molar-refractivity contribution in [2.45, 2.75) is 33.3 Å². The van der Waals surface area contributed by atoms with E-state index in [9.17, 15) is 0 Å². The quantitative estimate of drug-likeness (QED) is 0.534. The lowest BCUT2D eigenvalue weighted by Crippen LogP contribution is -2.38. The first-order valence-corrected chi connectivity index (χ1v) is 4.50. The van der Waals surface area contributed by atoms with E-state index in [2.05, 4.69) is 32.7 Å². The molecule has 0 spiro atoms. The van der Waals surface area contributed by atoms with Crippen LogP contribution in [0.15, 0.2) is 0 Å². The molecule has 0 radical (unpaired) electrons. The van der Waals surface area contributed by atoms with E-state index in [1.54, 1.807) is 0 Å². The van der Waals surface area contributed by atoms with Gasteiger partial charge in [-0.2, -0.15) is 0 Å². The van der Waals surface area contributed by atoms with Crippen molar-refractivity contribution in [2.75, 3.05) is 26.7 Å². The second-order valence-corrected chi connectivity index (χ2v) is 3.15. The third-order valence-corrected chi connectivity index (χ3v) is 1.44. The summed E-state index contributed by atoms with van der Waals surface area (Å²) < 4.78 is 5.31. The average molecular weight is 159 g/mol. The van der Waals surface area contributed by atoms with E-state index in [-0.39, 0.29) is 0 Å². The third-order valence-electron chi connectivity index (χ3n) is 1.44. The molecular formula is C9H21NO. The molecule has 2 nitrogen and oxygen atoms in total. The summed E-state index contributed by atoms with van der Waals surface area (Å²) in [6.45, 7) is 9.43. The topological polar surface area (TPSA) is 12.5 Å². The van der Waals surface area contributed by atoms with Gasteiger partial charge in [0.05, 0.1) is 12.7 Å². The molecule has 0 aliphatic carbocycles. The maximum atomic E-state index is 5.31. The van der Waals surface area contributed by atoms with Gasteiger partial charge in [-0.25, -0.2) is 0 Å². The molecule has 0 saturated carbocycles. The Labute approximate surface area is 70.5 Å². The highest BCUT2D eigenvalue weighted by atomic mass is 16.5. The molecule has 11 heavy (non-hydrogen) atoms. The Morgan fingerprint density at radius 1 is 1.45 bits per heavy atom. The summed E-state index contributed by atoms with van der Waals surface area (Å²) in [4.78, 5) is 2.29. The molecule has 2 heteroatoms. The Balaban J connectivity index is 0.000000292. The highest BCUT2D eigenvalue weighted by Gasteiger charge is 2.11. The summed E-state index contributed by atoms with van der Waals surface area (Å²) in [7, 11) is 2.12. The molecule has 1 atom stereocenters. The summed E-state index contributed by atoms with van der Waals surface area (Å²) in [6.07, 6.45) is 1.69. The van der Waals surface area contributed by atoms with Crippen molar-refractivity contribution >= 4 is 0 Å². The van der Waals surface area contributed by atoms with Gasteiger partial charge in [0.2, 0.25) is 0 Å². The Kier molecular flexibility index (Phi) is 6.57. The molecule has 0 aromatic heterocycles. The first kappa shape index (κ1) is 10.9. The number of hydrogen-bond donors (Lipinski definition) is 0. The van der Waals surface area contributed by atoms with E-state index in [0.717, 1.165) is 19.7 Å². The second kappa shape index (κ2) is 6.62. The minimum absolute atomic E-state index is 0.439. The number of morpholine rings is 1. The molecule has 0 unspecified atom stereocenters. The zero-order valence-electron chi connectivity index (χ0n) is 8.26. The molecule has 0 amide bonds. The van der Waals surface area contributed by atoms with Gasteiger partial charge in [0, 0.05) is 13.1 Å². The smallest absolute Gasteiger partial charge is 0.0674 e. The highest BCUT2D eigenvalue weighted by Crippen LogP contribution is 1.99. The van der Waals surface area contributed by atoms with Gasteiger partial charge in [0.1, 0.15) is 0 Å². The maximum Gasteiger partial charge on any atom is 0.0674 e. The molecule has 1 aliphatic rings. The van der Waals surface area contributed by atoms with Gasteiger partial charge in [-0.05, 0) is 14.0 Å². The van der Waals surface area contributed by atoms with Gasteiger partial charge in [-0.3, -0.25) is 0 Å². The first-order chi connectivity index (χ1) is 5.20. The Bertz CT molecular complexity index is 77.6. The van der Waals surface area contributed by atoms with Crippen LogP contribution in [0.1, 0.15) is 27.2 Å².